The van der Waals surface area contributed by atoms with E-state index >= 15 is 0 Å². The molecule has 0 saturated carbocycles. The molecule has 0 aliphatic carbocycles. The fourth-order valence-corrected chi connectivity index (χ4v) is 6.86. The number of fused-ring (bicyclic) bond motifs is 2. The molecule has 0 unspecified atom stereocenters. The molecule has 10 heteroatoms. The first-order valence-electron chi connectivity index (χ1n) is 15.9. The number of hydrogen-bond acceptors (Lipinski definition) is 8. The summed E-state index contributed by atoms with van der Waals surface area (Å²) in [7, 11) is 4.27. The number of aromatic nitrogens is 2. The van der Waals surface area contributed by atoms with Crippen LogP contribution in [0.5, 0.6) is 6.01 Å². The Bertz CT molecular complexity index is 1500. The van der Waals surface area contributed by atoms with Crippen molar-refractivity contribution in [3.8, 4) is 6.01 Å². The Labute approximate surface area is 266 Å². The van der Waals surface area contributed by atoms with Gasteiger partial charge in [0.2, 0.25) is 0 Å². The van der Waals surface area contributed by atoms with E-state index in [-0.39, 0.29) is 6.09 Å². The average molecular weight is 621 g/mol. The Kier molecular flexibility index (Phi) is 8.79. The molecule has 1 amide bonds. The van der Waals surface area contributed by atoms with Crippen molar-refractivity contribution in [3.05, 3.63) is 52.7 Å². The zero-order chi connectivity index (χ0) is 31.0. The third kappa shape index (κ3) is 6.69. The van der Waals surface area contributed by atoms with Gasteiger partial charge in [-0.2, -0.15) is 9.97 Å². The van der Waals surface area contributed by atoms with E-state index in [1.165, 1.54) is 12.0 Å². The Morgan fingerprint density at radius 3 is 2.61 bits per heavy atom. The van der Waals surface area contributed by atoms with Crippen molar-refractivity contribution in [2.24, 2.45) is 5.92 Å². The van der Waals surface area contributed by atoms with E-state index in [1.54, 1.807) is 4.90 Å². The van der Waals surface area contributed by atoms with Crippen LogP contribution in [-0.2, 0) is 17.7 Å². The largest absolute Gasteiger partial charge is 0.462 e. The number of ether oxygens (including phenoxy) is 2. The van der Waals surface area contributed by atoms with Crippen LogP contribution in [0.15, 0.2) is 36.4 Å². The number of rotatable bonds is 8. The number of benzene rings is 2. The molecule has 2 fully saturated rings. The van der Waals surface area contributed by atoms with Gasteiger partial charge in [-0.1, -0.05) is 35.9 Å². The molecule has 9 nitrogen and oxygen atoms in total. The van der Waals surface area contributed by atoms with Gasteiger partial charge in [0.05, 0.1) is 17.3 Å². The second-order valence-corrected chi connectivity index (χ2v) is 14.0. The molecule has 0 N–H and O–H groups in total. The van der Waals surface area contributed by atoms with Crippen LogP contribution >= 0.6 is 11.6 Å². The fraction of sp³-hybridized carbons (Fsp3) is 0.559. The average Bonchev–Trinajstić information content (AvgIpc) is 3.37. The minimum atomic E-state index is -0.475. The van der Waals surface area contributed by atoms with Crippen molar-refractivity contribution in [1.82, 2.24) is 19.8 Å². The van der Waals surface area contributed by atoms with Crippen LogP contribution < -0.4 is 14.5 Å². The van der Waals surface area contributed by atoms with Gasteiger partial charge in [-0.3, -0.25) is 0 Å². The summed E-state index contributed by atoms with van der Waals surface area (Å²) in [4.78, 5) is 31.1. The lowest BCUT2D eigenvalue weighted by molar-refractivity contribution is -0.00177. The zero-order valence-electron chi connectivity index (χ0n) is 26.7. The van der Waals surface area contributed by atoms with Crippen molar-refractivity contribution < 1.29 is 14.3 Å². The molecule has 0 spiro atoms. The minimum absolute atomic E-state index is 0.223. The number of anilines is 2. The number of likely N-dealkylation sites (tertiary alicyclic amines) is 2. The third-order valence-corrected chi connectivity index (χ3v) is 9.43. The predicted molar refractivity (Wildman–Crippen MR) is 176 cm³/mol. The maximum absolute atomic E-state index is 12.4. The lowest BCUT2D eigenvalue weighted by atomic mass is 9.96. The lowest BCUT2D eigenvalue weighted by Crippen LogP contribution is -2.52. The smallest absolute Gasteiger partial charge is 0.410 e. The number of hydrogen-bond donors (Lipinski definition) is 0. The van der Waals surface area contributed by atoms with E-state index in [1.807, 2.05) is 32.9 Å². The van der Waals surface area contributed by atoms with Gasteiger partial charge in [0.25, 0.3) is 0 Å². The molecular weight excluding hydrogens is 576 g/mol. The Morgan fingerprint density at radius 1 is 1.11 bits per heavy atom. The third-order valence-electron chi connectivity index (χ3n) is 9.11. The van der Waals surface area contributed by atoms with E-state index in [4.69, 9.17) is 31.0 Å². The molecule has 44 heavy (non-hydrogen) atoms. The van der Waals surface area contributed by atoms with Crippen LogP contribution in [0.2, 0.25) is 5.02 Å². The first-order valence-corrected chi connectivity index (χ1v) is 16.3. The van der Waals surface area contributed by atoms with Crippen molar-refractivity contribution in [1.29, 1.82) is 0 Å². The molecule has 2 aromatic carbocycles. The van der Waals surface area contributed by atoms with Gasteiger partial charge < -0.3 is 29.1 Å². The van der Waals surface area contributed by atoms with Crippen molar-refractivity contribution in [2.45, 2.75) is 64.6 Å². The molecule has 0 radical (unpaired) electrons. The summed E-state index contributed by atoms with van der Waals surface area (Å²) in [5.41, 5.74) is 2.84. The van der Waals surface area contributed by atoms with Crippen molar-refractivity contribution in [2.75, 3.05) is 63.2 Å². The van der Waals surface area contributed by atoms with E-state index in [0.29, 0.717) is 31.1 Å². The molecule has 1 aromatic heterocycles. The van der Waals surface area contributed by atoms with Crippen LogP contribution in [0.25, 0.3) is 10.8 Å². The van der Waals surface area contributed by atoms with Gasteiger partial charge in [-0.25, -0.2) is 4.79 Å². The molecule has 3 aliphatic heterocycles. The number of carbonyl (C=O) groups is 1. The maximum Gasteiger partial charge on any atom is 0.410 e. The summed E-state index contributed by atoms with van der Waals surface area (Å²) in [5.74, 6) is 1.39. The molecule has 3 aromatic rings. The Balaban J connectivity index is 1.19. The van der Waals surface area contributed by atoms with E-state index < -0.39 is 5.60 Å². The van der Waals surface area contributed by atoms with Crippen molar-refractivity contribution >= 4 is 40.0 Å². The Morgan fingerprint density at radius 2 is 1.89 bits per heavy atom. The second kappa shape index (κ2) is 12.6. The fourth-order valence-electron chi connectivity index (χ4n) is 6.58. The molecular formula is C34H45ClN6O3. The Hall–Kier alpha value is -3.30. The number of halogens is 1. The quantitative estimate of drug-likeness (QED) is 0.303. The minimum Gasteiger partial charge on any atom is -0.462 e. The molecule has 6 rings (SSSR count). The van der Waals surface area contributed by atoms with Crippen LogP contribution in [-0.4, -0.2) is 90.9 Å². The molecule has 3 aliphatic rings. The summed E-state index contributed by atoms with van der Waals surface area (Å²) in [5, 5.41) is 2.97. The van der Waals surface area contributed by atoms with Crippen LogP contribution in [0.3, 0.4) is 0 Å². The SMILES string of the molecule is CN(CCC1CN(C(=O)OC(C)(C)C)C1)c1nc(OC[C@@H]2CCCN2C)nc2c1CCN(c1cccc3cccc(Cl)c13)C2. The number of likely N-dealkylation sites (N-methyl/N-ethyl adjacent to an activating group) is 1. The van der Waals surface area contributed by atoms with E-state index in [2.05, 4.69) is 53.1 Å². The molecule has 4 heterocycles. The first kappa shape index (κ1) is 30.7. The van der Waals surface area contributed by atoms with Gasteiger partial charge in [-0.15, -0.1) is 0 Å². The summed E-state index contributed by atoms with van der Waals surface area (Å²) >= 11 is 6.71. The van der Waals surface area contributed by atoms with Crippen LogP contribution in [0.1, 0.15) is 51.3 Å². The van der Waals surface area contributed by atoms with Gasteiger partial charge in [0.1, 0.15) is 18.0 Å². The summed E-state index contributed by atoms with van der Waals surface area (Å²) < 4.78 is 11.8. The topological polar surface area (TPSA) is 74.3 Å². The molecule has 0 bridgehead atoms. The van der Waals surface area contributed by atoms with Gasteiger partial charge >= 0.3 is 12.1 Å². The predicted octanol–water partition coefficient (Wildman–Crippen LogP) is 6.01. The van der Waals surface area contributed by atoms with Gasteiger partial charge in [0, 0.05) is 55.9 Å². The van der Waals surface area contributed by atoms with Gasteiger partial charge in [0.15, 0.2) is 0 Å². The summed E-state index contributed by atoms with van der Waals surface area (Å²) in [6, 6.07) is 13.3. The van der Waals surface area contributed by atoms with Crippen LogP contribution in [0.4, 0.5) is 16.3 Å². The first-order chi connectivity index (χ1) is 21.1. The summed E-state index contributed by atoms with van der Waals surface area (Å²) in [6.45, 7) is 11.2. The van der Waals surface area contributed by atoms with E-state index in [9.17, 15) is 4.79 Å². The lowest BCUT2D eigenvalue weighted by Gasteiger charge is -2.40. The molecule has 236 valence electrons. The number of carbonyl (C=O) groups excluding carboxylic acids is 1. The van der Waals surface area contributed by atoms with Crippen molar-refractivity contribution in [3.63, 3.8) is 0 Å². The highest BCUT2D eigenvalue weighted by Crippen LogP contribution is 2.37. The zero-order valence-corrected chi connectivity index (χ0v) is 27.4. The standard InChI is InChI=1S/C34H45ClN6O3/c1-34(2,3)44-33(42)41-19-23(20-41)14-17-39(5)31-26-15-18-40(29-13-7-10-24-9-6-12-27(35)30(24)29)21-28(26)36-32(37-31)43-22-25-11-8-16-38(25)4/h6-7,9-10,12-13,23,25H,8,11,14-22H2,1-5H3/t25-/m0/s1. The van der Waals surface area contributed by atoms with Crippen LogP contribution in [0, 0.1) is 5.92 Å². The van der Waals surface area contributed by atoms with E-state index in [0.717, 1.165) is 85.0 Å². The highest BCUT2D eigenvalue weighted by Gasteiger charge is 2.34. The van der Waals surface area contributed by atoms with Gasteiger partial charge in [-0.05, 0) is 83.5 Å². The highest BCUT2D eigenvalue weighted by molar-refractivity contribution is 6.36. The maximum atomic E-state index is 12.4. The second-order valence-electron chi connectivity index (χ2n) is 13.6. The summed E-state index contributed by atoms with van der Waals surface area (Å²) in [6.07, 6.45) is 3.90. The molecule has 2 saturated heterocycles. The molecule has 1 atom stereocenters. The number of amides is 1. The highest BCUT2D eigenvalue weighted by atomic mass is 35.5. The monoisotopic (exact) mass is 620 g/mol. The normalized spacial score (nSPS) is 19.2. The number of nitrogens with zero attached hydrogens (tertiary/aromatic N) is 6.